The molecule has 1 saturated heterocycles. The molecule has 2 aliphatic rings. The maximum atomic E-state index is 12.7. The molecule has 0 aliphatic carbocycles. The van der Waals surface area contributed by atoms with Crippen LogP contribution in [0.25, 0.3) is 0 Å². The van der Waals surface area contributed by atoms with Gasteiger partial charge >= 0.3 is 6.03 Å². The highest BCUT2D eigenvalue weighted by atomic mass is 16.5. The highest BCUT2D eigenvalue weighted by Gasteiger charge is 2.31. The fourth-order valence-electron chi connectivity index (χ4n) is 4.32. The number of amides is 3. The molecular formula is C25H32N4O3. The van der Waals surface area contributed by atoms with Gasteiger partial charge in [-0.2, -0.15) is 0 Å². The third-order valence-corrected chi connectivity index (χ3v) is 6.69. The number of ether oxygens (including phenoxy) is 1. The first kappa shape index (κ1) is 22.3. The molecule has 0 spiro atoms. The molecule has 2 aromatic carbocycles. The van der Waals surface area contributed by atoms with Gasteiger partial charge in [0.05, 0.1) is 13.2 Å². The molecule has 2 heterocycles. The average Bonchev–Trinajstić information content (AvgIpc) is 3.28. The zero-order valence-corrected chi connectivity index (χ0v) is 18.9. The first-order valence-electron chi connectivity index (χ1n) is 11.3. The Morgan fingerprint density at radius 3 is 2.22 bits per heavy atom. The van der Waals surface area contributed by atoms with E-state index in [0.29, 0.717) is 30.9 Å². The van der Waals surface area contributed by atoms with Crippen LogP contribution in [0.15, 0.2) is 48.5 Å². The maximum Gasteiger partial charge on any atom is 0.322 e. The van der Waals surface area contributed by atoms with Gasteiger partial charge in [0.25, 0.3) is 5.91 Å². The van der Waals surface area contributed by atoms with Gasteiger partial charge in [-0.3, -0.25) is 9.69 Å². The number of morpholine rings is 1. The van der Waals surface area contributed by atoms with Crippen LogP contribution in [-0.2, 0) is 17.8 Å². The van der Waals surface area contributed by atoms with Gasteiger partial charge in [-0.1, -0.05) is 31.2 Å². The van der Waals surface area contributed by atoms with Crippen molar-refractivity contribution in [3.8, 4) is 0 Å². The van der Waals surface area contributed by atoms with Gasteiger partial charge in [-0.15, -0.1) is 0 Å². The molecule has 2 aliphatic heterocycles. The molecule has 2 aromatic rings. The summed E-state index contributed by atoms with van der Waals surface area (Å²) in [5.41, 5.74) is 3.53. The van der Waals surface area contributed by atoms with Crippen LogP contribution in [0, 0.1) is 0 Å². The van der Waals surface area contributed by atoms with Gasteiger partial charge in [-0.05, 0) is 48.7 Å². The monoisotopic (exact) mass is 436 g/mol. The predicted octanol–water partition coefficient (Wildman–Crippen LogP) is 3.47. The molecule has 2 N–H and O–H groups in total. The SMILES string of the molecule is CCC(C)(CNC(=O)c1ccc(NC(=O)N2Cc3ccccc3C2)cc1)N1CCOCC1. The van der Waals surface area contributed by atoms with Gasteiger partial charge in [-0.25, -0.2) is 4.79 Å². The number of benzene rings is 2. The number of rotatable bonds is 6. The lowest BCUT2D eigenvalue weighted by atomic mass is 9.95. The molecule has 170 valence electrons. The van der Waals surface area contributed by atoms with E-state index < -0.39 is 0 Å². The molecule has 1 atom stereocenters. The quantitative estimate of drug-likeness (QED) is 0.727. The van der Waals surface area contributed by atoms with E-state index in [0.717, 1.165) is 32.7 Å². The zero-order chi connectivity index (χ0) is 22.6. The zero-order valence-electron chi connectivity index (χ0n) is 18.9. The second-order valence-electron chi connectivity index (χ2n) is 8.76. The lowest BCUT2D eigenvalue weighted by Gasteiger charge is -2.43. The number of nitrogens with one attached hydrogen (secondary N) is 2. The van der Waals surface area contributed by atoms with Crippen molar-refractivity contribution in [1.29, 1.82) is 0 Å². The Kier molecular flexibility index (Phi) is 6.77. The Morgan fingerprint density at radius 2 is 1.62 bits per heavy atom. The van der Waals surface area contributed by atoms with E-state index in [1.165, 1.54) is 11.1 Å². The molecule has 0 radical (unpaired) electrons. The van der Waals surface area contributed by atoms with Gasteiger partial charge in [0.15, 0.2) is 0 Å². The van der Waals surface area contributed by atoms with Crippen molar-refractivity contribution < 1.29 is 14.3 Å². The van der Waals surface area contributed by atoms with Gasteiger partial charge in [0, 0.05) is 49.5 Å². The third kappa shape index (κ3) is 4.95. The van der Waals surface area contributed by atoms with Crippen molar-refractivity contribution in [1.82, 2.24) is 15.1 Å². The summed E-state index contributed by atoms with van der Waals surface area (Å²) in [4.78, 5) is 29.5. The van der Waals surface area contributed by atoms with Crippen molar-refractivity contribution >= 4 is 17.6 Å². The van der Waals surface area contributed by atoms with Crippen LogP contribution in [-0.4, -0.2) is 60.1 Å². The van der Waals surface area contributed by atoms with E-state index in [1.54, 1.807) is 29.2 Å². The summed E-state index contributed by atoms with van der Waals surface area (Å²) in [5, 5.41) is 6.02. The van der Waals surface area contributed by atoms with Gasteiger partial charge < -0.3 is 20.3 Å². The summed E-state index contributed by atoms with van der Waals surface area (Å²) in [6, 6.07) is 15.0. The van der Waals surface area contributed by atoms with Crippen LogP contribution in [0.1, 0.15) is 41.8 Å². The minimum absolute atomic E-state index is 0.0966. The van der Waals surface area contributed by atoms with Crippen molar-refractivity contribution in [2.45, 2.75) is 38.9 Å². The fourth-order valence-corrected chi connectivity index (χ4v) is 4.32. The maximum absolute atomic E-state index is 12.7. The Balaban J connectivity index is 1.30. The number of carbonyl (C=O) groups is 2. The molecule has 0 saturated carbocycles. The minimum Gasteiger partial charge on any atom is -0.379 e. The Morgan fingerprint density at radius 1 is 1.00 bits per heavy atom. The normalized spacial score (nSPS) is 18.0. The largest absolute Gasteiger partial charge is 0.379 e. The minimum atomic E-state index is -0.136. The fraction of sp³-hybridized carbons (Fsp3) is 0.440. The van der Waals surface area contributed by atoms with Gasteiger partial charge in [0.2, 0.25) is 0 Å². The number of hydrogen-bond donors (Lipinski definition) is 2. The molecule has 7 nitrogen and oxygen atoms in total. The first-order valence-corrected chi connectivity index (χ1v) is 11.3. The second kappa shape index (κ2) is 9.71. The lowest BCUT2D eigenvalue weighted by molar-refractivity contribution is -0.0169. The summed E-state index contributed by atoms with van der Waals surface area (Å²) in [7, 11) is 0. The van der Waals surface area contributed by atoms with Crippen LogP contribution < -0.4 is 10.6 Å². The third-order valence-electron chi connectivity index (χ3n) is 6.69. The number of nitrogens with zero attached hydrogens (tertiary/aromatic N) is 2. The van der Waals surface area contributed by atoms with E-state index in [2.05, 4.69) is 41.5 Å². The van der Waals surface area contributed by atoms with Crippen molar-refractivity contribution in [2.24, 2.45) is 0 Å². The standard InChI is InChI=1S/C25H32N4O3/c1-3-25(2,29-12-14-32-15-13-29)18-26-23(30)19-8-10-22(11-9-19)27-24(31)28-16-20-6-4-5-7-21(20)17-28/h4-11H,3,12-18H2,1-2H3,(H,26,30)(H,27,31). The molecule has 7 heteroatoms. The topological polar surface area (TPSA) is 73.9 Å². The van der Waals surface area contributed by atoms with Crippen LogP contribution in [0.5, 0.6) is 0 Å². The van der Waals surface area contributed by atoms with E-state index in [1.807, 2.05) is 12.1 Å². The highest BCUT2D eigenvalue weighted by Crippen LogP contribution is 2.23. The Hall–Kier alpha value is -2.90. The molecule has 3 amide bonds. The summed E-state index contributed by atoms with van der Waals surface area (Å²) in [6.07, 6.45) is 0.943. The van der Waals surface area contributed by atoms with Crippen LogP contribution >= 0.6 is 0 Å². The molecule has 32 heavy (non-hydrogen) atoms. The molecule has 4 rings (SSSR count). The number of fused-ring (bicyclic) bond motifs is 1. The molecule has 1 unspecified atom stereocenters. The van der Waals surface area contributed by atoms with Crippen LogP contribution in [0.3, 0.4) is 0 Å². The lowest BCUT2D eigenvalue weighted by Crippen LogP contribution is -2.56. The Labute approximate surface area is 189 Å². The summed E-state index contributed by atoms with van der Waals surface area (Å²) in [5.74, 6) is -0.106. The van der Waals surface area contributed by atoms with Crippen molar-refractivity contribution in [3.63, 3.8) is 0 Å². The molecule has 0 bridgehead atoms. The van der Waals surface area contributed by atoms with Crippen LogP contribution in [0.4, 0.5) is 10.5 Å². The van der Waals surface area contributed by atoms with Crippen molar-refractivity contribution in [2.75, 3.05) is 38.2 Å². The second-order valence-corrected chi connectivity index (χ2v) is 8.76. The Bertz CT molecular complexity index is 931. The van der Waals surface area contributed by atoms with E-state index in [9.17, 15) is 9.59 Å². The number of hydrogen-bond acceptors (Lipinski definition) is 4. The molecular weight excluding hydrogens is 404 g/mol. The predicted molar refractivity (Wildman–Crippen MR) is 125 cm³/mol. The first-order chi connectivity index (χ1) is 15.5. The van der Waals surface area contributed by atoms with Crippen molar-refractivity contribution in [3.05, 3.63) is 65.2 Å². The average molecular weight is 437 g/mol. The smallest absolute Gasteiger partial charge is 0.322 e. The molecule has 1 fully saturated rings. The summed E-state index contributed by atoms with van der Waals surface area (Å²) in [6.45, 7) is 9.39. The van der Waals surface area contributed by atoms with Crippen LogP contribution in [0.2, 0.25) is 0 Å². The summed E-state index contributed by atoms with van der Waals surface area (Å²) >= 11 is 0. The molecule has 0 aromatic heterocycles. The number of anilines is 1. The number of urea groups is 1. The number of carbonyl (C=O) groups excluding carboxylic acids is 2. The highest BCUT2D eigenvalue weighted by molar-refractivity contribution is 5.95. The van der Waals surface area contributed by atoms with E-state index in [-0.39, 0.29) is 17.5 Å². The van der Waals surface area contributed by atoms with E-state index in [4.69, 9.17) is 4.74 Å². The summed E-state index contributed by atoms with van der Waals surface area (Å²) < 4.78 is 5.46. The van der Waals surface area contributed by atoms with E-state index >= 15 is 0 Å². The van der Waals surface area contributed by atoms with Gasteiger partial charge in [0.1, 0.15) is 0 Å².